The van der Waals surface area contributed by atoms with Crippen molar-refractivity contribution in [2.24, 2.45) is 0 Å². The Morgan fingerprint density at radius 1 is 0.708 bits per heavy atom. The van der Waals surface area contributed by atoms with Gasteiger partial charge < -0.3 is 0 Å². The monoisotopic (exact) mass is 341 g/mol. The Morgan fingerprint density at radius 3 is 2.62 bits per heavy atom. The van der Waals surface area contributed by atoms with Crippen LogP contribution < -0.4 is 0 Å². The number of hydrogen-bond donors (Lipinski definition) is 0. The minimum atomic E-state index is 1.11. The number of nitrogens with zero attached hydrogens (tertiary/aromatic N) is 1. The van der Waals surface area contributed by atoms with Crippen LogP contribution in [0, 0.1) is 0 Å². The van der Waals surface area contributed by atoms with Gasteiger partial charge in [-0.1, -0.05) is 48.2 Å². The van der Waals surface area contributed by atoms with Crippen LogP contribution in [-0.2, 0) is 0 Å². The summed E-state index contributed by atoms with van der Waals surface area (Å²) in [5.74, 6) is 0. The third-order valence-electron chi connectivity index (χ3n) is 4.73. The van der Waals surface area contributed by atoms with Gasteiger partial charge in [0.25, 0.3) is 0 Å². The van der Waals surface area contributed by atoms with Crippen molar-refractivity contribution in [1.82, 2.24) is 4.98 Å². The van der Waals surface area contributed by atoms with Crippen molar-refractivity contribution in [3.05, 3.63) is 66.9 Å². The van der Waals surface area contributed by atoms with Crippen LogP contribution in [0.3, 0.4) is 0 Å². The predicted octanol–water partition coefficient (Wildman–Crippen LogP) is 6.73. The maximum absolute atomic E-state index is 4.59. The molecule has 0 fully saturated rings. The first-order valence-electron chi connectivity index (χ1n) is 7.90. The van der Waals surface area contributed by atoms with E-state index in [1.54, 1.807) is 11.8 Å². The van der Waals surface area contributed by atoms with Crippen LogP contribution in [0.25, 0.3) is 42.1 Å². The minimum absolute atomic E-state index is 1.11. The van der Waals surface area contributed by atoms with Gasteiger partial charge in [-0.25, -0.2) is 4.98 Å². The molecule has 6 rings (SSSR count). The first kappa shape index (κ1) is 13.0. The van der Waals surface area contributed by atoms with E-state index in [0.717, 1.165) is 5.03 Å². The first-order chi connectivity index (χ1) is 11.9. The molecule has 5 aromatic rings. The molecule has 0 atom stereocenters. The largest absolute Gasteiger partial charge is 0.249 e. The molecule has 24 heavy (non-hydrogen) atoms. The smallest absolute Gasteiger partial charge is 0.109 e. The number of benzene rings is 3. The molecule has 0 N–H and O–H groups in total. The zero-order valence-electron chi connectivity index (χ0n) is 12.6. The van der Waals surface area contributed by atoms with Crippen LogP contribution in [0.2, 0.25) is 0 Å². The molecule has 112 valence electrons. The lowest BCUT2D eigenvalue weighted by atomic mass is 9.95. The topological polar surface area (TPSA) is 12.9 Å². The molecule has 0 saturated heterocycles. The Morgan fingerprint density at radius 2 is 1.62 bits per heavy atom. The van der Waals surface area contributed by atoms with E-state index in [1.807, 2.05) is 23.6 Å². The van der Waals surface area contributed by atoms with Gasteiger partial charge in [0.2, 0.25) is 0 Å². The summed E-state index contributed by atoms with van der Waals surface area (Å²) in [6.45, 7) is 0. The second kappa shape index (κ2) is 4.59. The van der Waals surface area contributed by atoms with Crippen LogP contribution in [-0.4, -0.2) is 4.98 Å². The highest BCUT2D eigenvalue weighted by atomic mass is 32.2. The summed E-state index contributed by atoms with van der Waals surface area (Å²) in [4.78, 5) is 5.91. The minimum Gasteiger partial charge on any atom is -0.249 e. The average Bonchev–Trinajstić information content (AvgIpc) is 3.00. The molecule has 0 unspecified atom stereocenters. The number of fused-ring (bicyclic) bond motifs is 6. The molecule has 1 aliphatic rings. The van der Waals surface area contributed by atoms with Crippen molar-refractivity contribution >= 4 is 54.0 Å². The standard InChI is InChI=1S/C21H11NS2/c1-2-8-16-13(5-1)19-14-6-3-9-17-20(14)15(11-18(19)23-16)12-7-4-10-22-21(12)24-17/h1-11H. The average molecular weight is 341 g/mol. The maximum atomic E-state index is 4.59. The summed E-state index contributed by atoms with van der Waals surface area (Å²) in [6.07, 6.45) is 1.88. The number of rotatable bonds is 0. The van der Waals surface area contributed by atoms with Gasteiger partial charge in [-0.15, -0.1) is 11.3 Å². The van der Waals surface area contributed by atoms with Crippen molar-refractivity contribution in [1.29, 1.82) is 0 Å². The normalized spacial score (nSPS) is 12.8. The lowest BCUT2D eigenvalue weighted by Gasteiger charge is -2.19. The van der Waals surface area contributed by atoms with Gasteiger partial charge in [0.1, 0.15) is 5.03 Å². The van der Waals surface area contributed by atoms with Crippen LogP contribution in [0.4, 0.5) is 0 Å². The van der Waals surface area contributed by atoms with E-state index in [0.29, 0.717) is 0 Å². The quantitative estimate of drug-likeness (QED) is 0.304. The summed E-state index contributed by atoms with van der Waals surface area (Å²) in [5.41, 5.74) is 2.58. The molecule has 3 heteroatoms. The molecule has 3 aromatic carbocycles. The summed E-state index contributed by atoms with van der Waals surface area (Å²) >= 11 is 3.67. The van der Waals surface area contributed by atoms with Gasteiger partial charge in [-0.05, 0) is 35.2 Å². The molecule has 0 bridgehead atoms. The molecule has 0 amide bonds. The summed E-state index contributed by atoms with van der Waals surface area (Å²) < 4.78 is 2.72. The fourth-order valence-corrected chi connectivity index (χ4v) is 5.98. The van der Waals surface area contributed by atoms with Crippen molar-refractivity contribution in [3.8, 4) is 11.1 Å². The number of aromatic nitrogens is 1. The third kappa shape index (κ3) is 1.58. The SMILES string of the molecule is c1cnc2c(c1)-c1cc3sc4ccccc4c3c3cccc(c13)S2. The van der Waals surface area contributed by atoms with E-state index in [1.165, 1.54) is 47.0 Å². The van der Waals surface area contributed by atoms with E-state index in [-0.39, 0.29) is 0 Å². The van der Waals surface area contributed by atoms with E-state index < -0.39 is 0 Å². The second-order valence-corrected chi connectivity index (χ2v) is 8.15. The summed E-state index contributed by atoms with van der Waals surface area (Å²) in [5, 5.41) is 6.60. The zero-order valence-corrected chi connectivity index (χ0v) is 14.2. The first-order valence-corrected chi connectivity index (χ1v) is 9.54. The highest BCUT2D eigenvalue weighted by Gasteiger charge is 2.22. The molecule has 0 aliphatic carbocycles. The van der Waals surface area contributed by atoms with Crippen molar-refractivity contribution in [3.63, 3.8) is 0 Å². The predicted molar refractivity (Wildman–Crippen MR) is 104 cm³/mol. The van der Waals surface area contributed by atoms with Crippen LogP contribution in [0.5, 0.6) is 0 Å². The Balaban J connectivity index is 1.91. The summed E-state index contributed by atoms with van der Waals surface area (Å²) in [6, 6.07) is 22.0. The molecule has 0 spiro atoms. The number of hydrogen-bond acceptors (Lipinski definition) is 3. The highest BCUT2D eigenvalue weighted by molar-refractivity contribution is 7.99. The Labute approximate surface area is 147 Å². The second-order valence-electron chi connectivity index (χ2n) is 6.03. The van der Waals surface area contributed by atoms with Gasteiger partial charge in [0, 0.05) is 42.2 Å². The highest BCUT2D eigenvalue weighted by Crippen LogP contribution is 2.50. The van der Waals surface area contributed by atoms with Crippen molar-refractivity contribution in [2.75, 3.05) is 0 Å². The Hall–Kier alpha value is -2.36. The number of pyridine rings is 1. The number of thiophene rings is 1. The van der Waals surface area contributed by atoms with Crippen LogP contribution >= 0.6 is 23.1 Å². The molecular weight excluding hydrogens is 330 g/mol. The van der Waals surface area contributed by atoms with Crippen molar-refractivity contribution in [2.45, 2.75) is 9.92 Å². The fraction of sp³-hybridized carbons (Fsp3) is 0. The molecule has 3 heterocycles. The zero-order chi connectivity index (χ0) is 15.7. The van der Waals surface area contributed by atoms with Crippen LogP contribution in [0.1, 0.15) is 0 Å². The van der Waals surface area contributed by atoms with Gasteiger partial charge >= 0.3 is 0 Å². The van der Waals surface area contributed by atoms with Gasteiger partial charge in [0.05, 0.1) is 0 Å². The molecule has 1 nitrogen and oxygen atoms in total. The van der Waals surface area contributed by atoms with Crippen molar-refractivity contribution < 1.29 is 0 Å². The molecular formula is C21H11NS2. The van der Waals surface area contributed by atoms with E-state index in [4.69, 9.17) is 0 Å². The molecule has 1 aliphatic heterocycles. The van der Waals surface area contributed by atoms with E-state index in [2.05, 4.69) is 59.6 Å². The van der Waals surface area contributed by atoms with E-state index in [9.17, 15) is 0 Å². The lowest BCUT2D eigenvalue weighted by molar-refractivity contribution is 1.13. The van der Waals surface area contributed by atoms with Gasteiger partial charge in [-0.3, -0.25) is 0 Å². The summed E-state index contributed by atoms with van der Waals surface area (Å²) in [7, 11) is 0. The Kier molecular flexibility index (Phi) is 2.49. The van der Waals surface area contributed by atoms with Gasteiger partial charge in [0.15, 0.2) is 0 Å². The third-order valence-corrected chi connectivity index (χ3v) is 6.93. The lowest BCUT2D eigenvalue weighted by Crippen LogP contribution is -1.94. The van der Waals surface area contributed by atoms with Gasteiger partial charge in [-0.2, -0.15) is 0 Å². The van der Waals surface area contributed by atoms with E-state index >= 15 is 0 Å². The molecule has 0 saturated carbocycles. The van der Waals surface area contributed by atoms with Crippen LogP contribution in [0.15, 0.2) is 76.8 Å². The Bertz CT molecular complexity index is 1280. The molecule has 2 aromatic heterocycles. The maximum Gasteiger partial charge on any atom is 0.109 e. The fourth-order valence-electron chi connectivity index (χ4n) is 3.74. The molecule has 0 radical (unpaired) electrons.